The standard InChI is InChI=1S/C15H22N2O3S/c1-12-13(2-6-20-12)14(18)16-10-15(3-9-21-11-15)17-4-7-19-8-5-17/h2,6H,3-5,7-11H2,1H3,(H,16,18)/t15-/m1/s1. The molecule has 0 radical (unpaired) electrons. The molecule has 2 aliphatic rings. The number of ether oxygens (including phenoxy) is 1. The Morgan fingerprint density at radius 1 is 1.48 bits per heavy atom. The lowest BCUT2D eigenvalue weighted by molar-refractivity contribution is -0.0129. The van der Waals surface area contributed by atoms with Gasteiger partial charge in [0.1, 0.15) is 5.76 Å². The molecule has 3 heterocycles. The van der Waals surface area contributed by atoms with Crippen LogP contribution in [0.5, 0.6) is 0 Å². The molecule has 1 N–H and O–H groups in total. The highest BCUT2D eigenvalue weighted by atomic mass is 32.2. The van der Waals surface area contributed by atoms with Crippen LogP contribution >= 0.6 is 11.8 Å². The van der Waals surface area contributed by atoms with Gasteiger partial charge >= 0.3 is 0 Å². The molecule has 1 amide bonds. The van der Waals surface area contributed by atoms with E-state index in [0.717, 1.165) is 44.2 Å². The summed E-state index contributed by atoms with van der Waals surface area (Å²) in [5.41, 5.74) is 0.722. The fourth-order valence-electron chi connectivity index (χ4n) is 3.10. The summed E-state index contributed by atoms with van der Waals surface area (Å²) in [5, 5.41) is 3.11. The van der Waals surface area contributed by atoms with Crippen LogP contribution in [0.25, 0.3) is 0 Å². The molecule has 116 valence electrons. The SMILES string of the molecule is Cc1occc1C(=O)NC[C@]1(N2CCOCC2)CCSC1. The maximum Gasteiger partial charge on any atom is 0.254 e. The molecule has 3 rings (SSSR count). The van der Waals surface area contributed by atoms with Crippen LogP contribution in [0.4, 0.5) is 0 Å². The van der Waals surface area contributed by atoms with E-state index >= 15 is 0 Å². The summed E-state index contributed by atoms with van der Waals surface area (Å²) in [7, 11) is 0. The van der Waals surface area contributed by atoms with Gasteiger partial charge in [0.05, 0.1) is 25.0 Å². The van der Waals surface area contributed by atoms with Crippen LogP contribution in [0.15, 0.2) is 16.7 Å². The minimum Gasteiger partial charge on any atom is -0.469 e. The third kappa shape index (κ3) is 3.12. The van der Waals surface area contributed by atoms with E-state index in [1.807, 2.05) is 18.7 Å². The highest BCUT2D eigenvalue weighted by Crippen LogP contribution is 2.33. The summed E-state index contributed by atoms with van der Waals surface area (Å²) < 4.78 is 10.7. The molecule has 5 nitrogen and oxygen atoms in total. The van der Waals surface area contributed by atoms with Gasteiger partial charge in [0.15, 0.2) is 0 Å². The van der Waals surface area contributed by atoms with Crippen molar-refractivity contribution in [1.29, 1.82) is 0 Å². The van der Waals surface area contributed by atoms with E-state index in [1.54, 1.807) is 12.3 Å². The molecule has 0 aromatic carbocycles. The quantitative estimate of drug-likeness (QED) is 0.914. The molecule has 1 aromatic rings. The Kier molecular flexibility index (Phi) is 4.57. The summed E-state index contributed by atoms with van der Waals surface area (Å²) in [6.45, 7) is 6.02. The number of amides is 1. The van der Waals surface area contributed by atoms with Crippen molar-refractivity contribution in [2.75, 3.05) is 44.4 Å². The minimum atomic E-state index is -0.0363. The number of hydrogen-bond donors (Lipinski definition) is 1. The van der Waals surface area contributed by atoms with Crippen molar-refractivity contribution in [1.82, 2.24) is 10.2 Å². The first kappa shape index (κ1) is 14.9. The topological polar surface area (TPSA) is 54.7 Å². The zero-order chi connectivity index (χ0) is 14.7. The number of rotatable bonds is 4. The minimum absolute atomic E-state index is 0.0363. The monoisotopic (exact) mass is 310 g/mol. The Morgan fingerprint density at radius 2 is 2.29 bits per heavy atom. The van der Waals surface area contributed by atoms with Crippen LogP contribution in [0.1, 0.15) is 22.5 Å². The number of morpholine rings is 1. The van der Waals surface area contributed by atoms with Gasteiger partial charge < -0.3 is 14.5 Å². The Bertz CT molecular complexity index is 491. The van der Waals surface area contributed by atoms with E-state index in [4.69, 9.17) is 9.15 Å². The Hall–Kier alpha value is -0.980. The van der Waals surface area contributed by atoms with Crippen LogP contribution in [-0.2, 0) is 4.74 Å². The fraction of sp³-hybridized carbons (Fsp3) is 0.667. The van der Waals surface area contributed by atoms with Crippen molar-refractivity contribution in [2.45, 2.75) is 18.9 Å². The molecular formula is C15H22N2O3S. The van der Waals surface area contributed by atoms with E-state index < -0.39 is 0 Å². The predicted octanol–water partition coefficient (Wildman–Crippen LogP) is 1.53. The summed E-state index contributed by atoms with van der Waals surface area (Å²) in [5.74, 6) is 2.88. The molecule has 0 saturated carbocycles. The maximum atomic E-state index is 12.3. The zero-order valence-corrected chi connectivity index (χ0v) is 13.2. The first-order valence-corrected chi connectivity index (χ1v) is 8.60. The predicted molar refractivity (Wildman–Crippen MR) is 82.8 cm³/mol. The molecule has 2 fully saturated rings. The average Bonchev–Trinajstić information content (AvgIpc) is 3.15. The third-order valence-electron chi connectivity index (χ3n) is 4.45. The van der Waals surface area contributed by atoms with Crippen molar-refractivity contribution in [2.24, 2.45) is 0 Å². The summed E-state index contributed by atoms with van der Waals surface area (Å²) in [6, 6.07) is 1.73. The maximum absolute atomic E-state index is 12.3. The first-order chi connectivity index (χ1) is 10.2. The number of carbonyl (C=O) groups excluding carboxylic acids is 1. The number of thioether (sulfide) groups is 1. The van der Waals surface area contributed by atoms with Gasteiger partial charge in [-0.05, 0) is 25.2 Å². The van der Waals surface area contributed by atoms with E-state index in [1.165, 1.54) is 0 Å². The van der Waals surface area contributed by atoms with Gasteiger partial charge in [-0.2, -0.15) is 11.8 Å². The smallest absolute Gasteiger partial charge is 0.254 e. The van der Waals surface area contributed by atoms with Gasteiger partial charge in [-0.3, -0.25) is 9.69 Å². The summed E-state index contributed by atoms with van der Waals surface area (Å²) in [6.07, 6.45) is 2.69. The molecule has 0 spiro atoms. The molecule has 0 aliphatic carbocycles. The van der Waals surface area contributed by atoms with Crippen molar-refractivity contribution in [3.05, 3.63) is 23.7 Å². The van der Waals surface area contributed by atoms with E-state index in [-0.39, 0.29) is 11.4 Å². The summed E-state index contributed by atoms with van der Waals surface area (Å²) >= 11 is 1.97. The zero-order valence-electron chi connectivity index (χ0n) is 12.4. The molecule has 2 saturated heterocycles. The van der Waals surface area contributed by atoms with Crippen molar-refractivity contribution < 1.29 is 13.9 Å². The molecular weight excluding hydrogens is 288 g/mol. The number of carbonyl (C=O) groups is 1. The highest BCUT2D eigenvalue weighted by Gasteiger charge is 2.40. The molecule has 0 unspecified atom stereocenters. The van der Waals surface area contributed by atoms with Crippen LogP contribution in [0.2, 0.25) is 0 Å². The Morgan fingerprint density at radius 3 is 2.90 bits per heavy atom. The number of nitrogens with one attached hydrogen (secondary N) is 1. The Balaban J connectivity index is 1.65. The average molecular weight is 310 g/mol. The molecule has 2 aliphatic heterocycles. The van der Waals surface area contributed by atoms with Crippen LogP contribution in [0.3, 0.4) is 0 Å². The number of aryl methyl sites for hydroxylation is 1. The molecule has 21 heavy (non-hydrogen) atoms. The van der Waals surface area contributed by atoms with E-state index in [0.29, 0.717) is 17.9 Å². The first-order valence-electron chi connectivity index (χ1n) is 7.44. The van der Waals surface area contributed by atoms with Crippen molar-refractivity contribution in [3.63, 3.8) is 0 Å². The molecule has 1 atom stereocenters. The highest BCUT2D eigenvalue weighted by molar-refractivity contribution is 7.99. The van der Waals surface area contributed by atoms with Gasteiger partial charge in [0.2, 0.25) is 0 Å². The lowest BCUT2D eigenvalue weighted by atomic mass is 9.95. The van der Waals surface area contributed by atoms with Crippen molar-refractivity contribution in [3.8, 4) is 0 Å². The van der Waals surface area contributed by atoms with Gasteiger partial charge in [-0.1, -0.05) is 0 Å². The molecule has 6 heteroatoms. The Labute approximate surface area is 129 Å². The van der Waals surface area contributed by atoms with Gasteiger partial charge in [-0.25, -0.2) is 0 Å². The molecule has 0 bridgehead atoms. The lowest BCUT2D eigenvalue weighted by Gasteiger charge is -2.43. The fourth-order valence-corrected chi connectivity index (χ4v) is 4.57. The van der Waals surface area contributed by atoms with E-state index in [2.05, 4.69) is 10.2 Å². The van der Waals surface area contributed by atoms with Gasteiger partial charge in [-0.15, -0.1) is 0 Å². The van der Waals surface area contributed by atoms with Crippen molar-refractivity contribution >= 4 is 17.7 Å². The van der Waals surface area contributed by atoms with E-state index in [9.17, 15) is 4.79 Å². The number of hydrogen-bond acceptors (Lipinski definition) is 5. The second-order valence-corrected chi connectivity index (χ2v) is 6.80. The number of furan rings is 1. The second kappa shape index (κ2) is 6.42. The second-order valence-electron chi connectivity index (χ2n) is 5.70. The van der Waals surface area contributed by atoms with Gasteiger partial charge in [0.25, 0.3) is 5.91 Å². The van der Waals surface area contributed by atoms with Crippen LogP contribution in [0, 0.1) is 6.92 Å². The lowest BCUT2D eigenvalue weighted by Crippen LogP contribution is -2.59. The number of nitrogens with zero attached hydrogens (tertiary/aromatic N) is 1. The normalized spacial score (nSPS) is 26.9. The molecule has 1 aromatic heterocycles. The van der Waals surface area contributed by atoms with Gasteiger partial charge in [0, 0.05) is 30.9 Å². The third-order valence-corrected chi connectivity index (χ3v) is 5.68. The summed E-state index contributed by atoms with van der Waals surface area (Å²) in [4.78, 5) is 14.8. The largest absolute Gasteiger partial charge is 0.469 e. The van der Waals surface area contributed by atoms with Crippen LogP contribution in [-0.4, -0.2) is 60.7 Å². The van der Waals surface area contributed by atoms with Crippen LogP contribution < -0.4 is 5.32 Å².